The number of furan rings is 1. The number of hydrogen-bond acceptors (Lipinski definition) is 4. The predicted octanol–water partition coefficient (Wildman–Crippen LogP) is 2.97. The van der Waals surface area contributed by atoms with Crippen LogP contribution in [0.25, 0.3) is 0 Å². The molecule has 26 heavy (non-hydrogen) atoms. The molecule has 0 atom stereocenters. The van der Waals surface area contributed by atoms with Crippen LogP contribution in [0.4, 0.5) is 5.69 Å². The van der Waals surface area contributed by atoms with Crippen LogP contribution in [-0.2, 0) is 11.3 Å². The first kappa shape index (κ1) is 18.2. The Morgan fingerprint density at radius 3 is 2.46 bits per heavy atom. The average Bonchev–Trinajstić information content (AvgIpc) is 3.13. The summed E-state index contributed by atoms with van der Waals surface area (Å²) in [7, 11) is 2.11. The molecule has 1 aromatic heterocycles. The number of nitrogens with one attached hydrogen (secondary N) is 1. The summed E-state index contributed by atoms with van der Waals surface area (Å²) in [5.74, 6) is 0.646. The van der Waals surface area contributed by atoms with Gasteiger partial charge in [-0.15, -0.1) is 0 Å². The third-order valence-corrected chi connectivity index (χ3v) is 4.75. The highest BCUT2D eigenvalue weighted by molar-refractivity contribution is 5.95. The van der Waals surface area contributed by atoms with Gasteiger partial charge in [-0.25, -0.2) is 0 Å². The first-order valence-electron chi connectivity index (χ1n) is 8.92. The molecule has 6 nitrogen and oxygen atoms in total. The summed E-state index contributed by atoms with van der Waals surface area (Å²) in [4.78, 5) is 28.5. The number of hydrogen-bond donors (Lipinski definition) is 1. The molecule has 138 valence electrons. The molecule has 0 aliphatic carbocycles. The minimum Gasteiger partial charge on any atom is -0.467 e. The van der Waals surface area contributed by atoms with E-state index in [0.717, 1.165) is 31.7 Å². The maximum Gasteiger partial charge on any atom is 0.254 e. The Morgan fingerprint density at radius 1 is 1.19 bits per heavy atom. The van der Waals surface area contributed by atoms with E-state index >= 15 is 0 Å². The molecule has 6 heteroatoms. The zero-order chi connectivity index (χ0) is 18.5. The molecule has 1 fully saturated rings. The number of likely N-dealkylation sites (tertiary alicyclic amines) is 1. The molecular formula is C20H25N3O3. The summed E-state index contributed by atoms with van der Waals surface area (Å²) in [6, 6.07) is 11.0. The molecule has 0 unspecified atom stereocenters. The van der Waals surface area contributed by atoms with Crippen molar-refractivity contribution in [2.24, 2.45) is 0 Å². The van der Waals surface area contributed by atoms with E-state index in [1.54, 1.807) is 30.5 Å². The first-order chi connectivity index (χ1) is 12.5. The van der Waals surface area contributed by atoms with Gasteiger partial charge >= 0.3 is 0 Å². The standard InChI is InChI=1S/C20H25N3O3/c1-15(24)21-17-7-5-16(6-8-17)20(25)23(14-19-4-3-13-26-19)18-9-11-22(2)12-10-18/h3-8,13,18H,9-12,14H2,1-2H3,(H,21,24). The summed E-state index contributed by atoms with van der Waals surface area (Å²) in [5, 5.41) is 2.72. The lowest BCUT2D eigenvalue weighted by Crippen LogP contribution is -2.46. The average molecular weight is 355 g/mol. The van der Waals surface area contributed by atoms with Gasteiger partial charge in [-0.2, -0.15) is 0 Å². The number of carbonyl (C=O) groups excluding carboxylic acids is 2. The molecule has 1 aliphatic heterocycles. The van der Waals surface area contributed by atoms with Crippen LogP contribution in [-0.4, -0.2) is 47.8 Å². The highest BCUT2D eigenvalue weighted by Crippen LogP contribution is 2.22. The maximum absolute atomic E-state index is 13.2. The predicted molar refractivity (Wildman–Crippen MR) is 99.8 cm³/mol. The number of rotatable bonds is 5. The van der Waals surface area contributed by atoms with Gasteiger partial charge in [-0.3, -0.25) is 9.59 Å². The van der Waals surface area contributed by atoms with Gasteiger partial charge in [0.05, 0.1) is 12.8 Å². The summed E-state index contributed by atoms with van der Waals surface area (Å²) in [6.07, 6.45) is 3.54. The van der Waals surface area contributed by atoms with Crippen molar-refractivity contribution in [2.45, 2.75) is 32.4 Å². The molecule has 0 radical (unpaired) electrons. The van der Waals surface area contributed by atoms with E-state index < -0.39 is 0 Å². The van der Waals surface area contributed by atoms with Gasteiger partial charge in [-0.05, 0) is 69.4 Å². The number of nitrogens with zero attached hydrogens (tertiary/aromatic N) is 2. The smallest absolute Gasteiger partial charge is 0.254 e. The maximum atomic E-state index is 13.2. The molecule has 0 spiro atoms. The fourth-order valence-corrected chi connectivity index (χ4v) is 3.31. The van der Waals surface area contributed by atoms with Crippen molar-refractivity contribution in [3.05, 3.63) is 54.0 Å². The lowest BCUT2D eigenvalue weighted by molar-refractivity contribution is -0.114. The molecule has 2 heterocycles. The molecular weight excluding hydrogens is 330 g/mol. The van der Waals surface area contributed by atoms with E-state index in [0.29, 0.717) is 17.8 Å². The Morgan fingerprint density at radius 2 is 1.88 bits per heavy atom. The van der Waals surface area contributed by atoms with E-state index in [-0.39, 0.29) is 17.9 Å². The third kappa shape index (κ3) is 4.52. The van der Waals surface area contributed by atoms with Crippen molar-refractivity contribution in [1.29, 1.82) is 0 Å². The summed E-state index contributed by atoms with van der Waals surface area (Å²) >= 11 is 0. The van der Waals surface area contributed by atoms with E-state index in [4.69, 9.17) is 4.42 Å². The van der Waals surface area contributed by atoms with Crippen LogP contribution in [0.3, 0.4) is 0 Å². The molecule has 1 saturated heterocycles. The van der Waals surface area contributed by atoms with Crippen LogP contribution in [0.2, 0.25) is 0 Å². The normalized spacial score (nSPS) is 15.6. The Kier molecular flexibility index (Phi) is 5.73. The number of carbonyl (C=O) groups is 2. The van der Waals surface area contributed by atoms with Gasteiger partial charge in [0.15, 0.2) is 0 Å². The van der Waals surface area contributed by atoms with E-state index in [9.17, 15) is 9.59 Å². The molecule has 1 aliphatic rings. The highest BCUT2D eigenvalue weighted by atomic mass is 16.3. The Hall–Kier alpha value is -2.60. The van der Waals surface area contributed by atoms with Crippen molar-refractivity contribution in [3.8, 4) is 0 Å². The van der Waals surface area contributed by atoms with Crippen LogP contribution in [0.1, 0.15) is 35.9 Å². The van der Waals surface area contributed by atoms with Crippen LogP contribution in [0, 0.1) is 0 Å². The van der Waals surface area contributed by atoms with Gasteiger partial charge in [0.2, 0.25) is 5.91 Å². The van der Waals surface area contributed by atoms with Gasteiger partial charge in [0, 0.05) is 24.2 Å². The molecule has 2 aromatic rings. The molecule has 1 aromatic carbocycles. The van der Waals surface area contributed by atoms with Gasteiger partial charge < -0.3 is 19.5 Å². The number of anilines is 1. The van der Waals surface area contributed by atoms with Crippen molar-refractivity contribution in [1.82, 2.24) is 9.80 Å². The fraction of sp³-hybridized carbons (Fsp3) is 0.400. The molecule has 3 rings (SSSR count). The minimum absolute atomic E-state index is 0.00896. The second-order valence-corrected chi connectivity index (χ2v) is 6.81. The van der Waals surface area contributed by atoms with Gasteiger partial charge in [0.1, 0.15) is 5.76 Å². The Labute approximate surface area is 153 Å². The van der Waals surface area contributed by atoms with Crippen LogP contribution in [0.15, 0.2) is 47.1 Å². The Bertz CT molecular complexity index is 732. The van der Waals surface area contributed by atoms with Crippen molar-refractivity contribution >= 4 is 17.5 Å². The highest BCUT2D eigenvalue weighted by Gasteiger charge is 2.28. The lowest BCUT2D eigenvalue weighted by atomic mass is 10.0. The Balaban J connectivity index is 1.78. The quantitative estimate of drug-likeness (QED) is 0.895. The SMILES string of the molecule is CC(=O)Nc1ccc(C(=O)N(Cc2ccco2)C2CCN(C)CC2)cc1. The van der Waals surface area contributed by atoms with Crippen molar-refractivity contribution in [3.63, 3.8) is 0 Å². The minimum atomic E-state index is -0.130. The van der Waals surface area contributed by atoms with Crippen LogP contribution >= 0.6 is 0 Å². The zero-order valence-corrected chi connectivity index (χ0v) is 15.3. The van der Waals surface area contributed by atoms with Crippen LogP contribution in [0.5, 0.6) is 0 Å². The first-order valence-corrected chi connectivity index (χ1v) is 8.92. The second kappa shape index (κ2) is 8.19. The van der Waals surface area contributed by atoms with Gasteiger partial charge in [0.25, 0.3) is 5.91 Å². The third-order valence-electron chi connectivity index (χ3n) is 4.75. The van der Waals surface area contributed by atoms with Crippen molar-refractivity contribution < 1.29 is 14.0 Å². The molecule has 0 saturated carbocycles. The monoisotopic (exact) mass is 355 g/mol. The topological polar surface area (TPSA) is 65.8 Å². The molecule has 2 amide bonds. The fourth-order valence-electron chi connectivity index (χ4n) is 3.31. The van der Waals surface area contributed by atoms with E-state index in [1.807, 2.05) is 17.0 Å². The summed E-state index contributed by atoms with van der Waals surface area (Å²) < 4.78 is 5.47. The number of amides is 2. The molecule has 0 bridgehead atoms. The number of benzene rings is 1. The zero-order valence-electron chi connectivity index (χ0n) is 15.3. The van der Waals surface area contributed by atoms with Crippen LogP contribution < -0.4 is 5.32 Å². The largest absolute Gasteiger partial charge is 0.467 e. The summed E-state index contributed by atoms with van der Waals surface area (Å²) in [6.45, 7) is 3.89. The van der Waals surface area contributed by atoms with E-state index in [2.05, 4.69) is 17.3 Å². The lowest BCUT2D eigenvalue weighted by Gasteiger charge is -2.37. The molecule has 1 N–H and O–H groups in total. The van der Waals surface area contributed by atoms with E-state index in [1.165, 1.54) is 6.92 Å². The summed E-state index contributed by atoms with van der Waals surface area (Å²) in [5.41, 5.74) is 1.30. The second-order valence-electron chi connectivity index (χ2n) is 6.81. The number of piperidine rings is 1. The van der Waals surface area contributed by atoms with Crippen molar-refractivity contribution in [2.75, 3.05) is 25.5 Å². The van der Waals surface area contributed by atoms with Gasteiger partial charge in [-0.1, -0.05) is 0 Å².